The summed E-state index contributed by atoms with van der Waals surface area (Å²) in [4.78, 5) is 2.50. The normalized spacial score (nSPS) is 18.4. The van der Waals surface area contributed by atoms with Gasteiger partial charge in [-0.05, 0) is 43.6 Å². The quantitative estimate of drug-likeness (QED) is 0.846. The van der Waals surface area contributed by atoms with Gasteiger partial charge < -0.3 is 19.7 Å². The van der Waals surface area contributed by atoms with E-state index in [-0.39, 0.29) is 0 Å². The Balaban J connectivity index is 1.51. The van der Waals surface area contributed by atoms with Crippen molar-refractivity contribution in [1.29, 1.82) is 0 Å². The van der Waals surface area contributed by atoms with Gasteiger partial charge in [0.05, 0.1) is 5.02 Å². The van der Waals surface area contributed by atoms with Gasteiger partial charge in [0.25, 0.3) is 0 Å². The van der Waals surface area contributed by atoms with Crippen LogP contribution in [0.25, 0.3) is 0 Å². The monoisotopic (exact) mass is 296 g/mol. The van der Waals surface area contributed by atoms with E-state index >= 15 is 0 Å². The molecule has 0 aliphatic carbocycles. The average molecular weight is 297 g/mol. The smallest absolute Gasteiger partial charge is 0.179 e. The summed E-state index contributed by atoms with van der Waals surface area (Å²) in [6.45, 7) is 6.60. The van der Waals surface area contributed by atoms with E-state index in [1.165, 1.54) is 25.9 Å². The molecule has 2 aliphatic heterocycles. The third kappa shape index (κ3) is 3.37. The number of hydrogen-bond acceptors (Lipinski definition) is 4. The van der Waals surface area contributed by atoms with Crippen molar-refractivity contribution >= 4 is 11.6 Å². The van der Waals surface area contributed by atoms with E-state index in [1.54, 1.807) is 0 Å². The zero-order valence-electron chi connectivity index (χ0n) is 11.7. The van der Waals surface area contributed by atoms with Crippen molar-refractivity contribution in [2.24, 2.45) is 0 Å². The molecule has 1 fully saturated rings. The van der Waals surface area contributed by atoms with E-state index in [2.05, 4.69) is 10.2 Å². The van der Waals surface area contributed by atoms with Gasteiger partial charge in [0, 0.05) is 19.6 Å². The van der Waals surface area contributed by atoms with E-state index < -0.39 is 0 Å². The molecule has 5 heteroatoms. The highest BCUT2D eigenvalue weighted by Crippen LogP contribution is 2.38. The molecular formula is C15H21ClN2O2. The van der Waals surface area contributed by atoms with Crippen LogP contribution in [-0.4, -0.2) is 44.3 Å². The van der Waals surface area contributed by atoms with Gasteiger partial charge >= 0.3 is 0 Å². The van der Waals surface area contributed by atoms with E-state index in [4.69, 9.17) is 21.1 Å². The predicted octanol–water partition coefficient (Wildman–Crippen LogP) is 2.30. The first kappa shape index (κ1) is 14.0. The number of nitrogens with one attached hydrogen (secondary N) is 1. The second-order valence-corrected chi connectivity index (χ2v) is 5.73. The molecule has 1 aromatic rings. The van der Waals surface area contributed by atoms with Crippen LogP contribution in [0.5, 0.6) is 11.5 Å². The Morgan fingerprint density at radius 1 is 1.15 bits per heavy atom. The number of likely N-dealkylation sites (tertiary alicyclic amines) is 1. The molecule has 4 nitrogen and oxygen atoms in total. The lowest BCUT2D eigenvalue weighted by molar-refractivity contribution is 0.171. The summed E-state index contributed by atoms with van der Waals surface area (Å²) >= 11 is 6.22. The van der Waals surface area contributed by atoms with Crippen molar-refractivity contribution < 1.29 is 9.47 Å². The van der Waals surface area contributed by atoms with E-state index in [0.717, 1.165) is 30.9 Å². The van der Waals surface area contributed by atoms with Crippen LogP contribution in [0.3, 0.4) is 0 Å². The van der Waals surface area contributed by atoms with Gasteiger partial charge in [-0.15, -0.1) is 0 Å². The van der Waals surface area contributed by atoms with Gasteiger partial charge in [-0.1, -0.05) is 11.6 Å². The summed E-state index contributed by atoms with van der Waals surface area (Å²) in [5.74, 6) is 1.44. The fourth-order valence-corrected chi connectivity index (χ4v) is 3.03. The van der Waals surface area contributed by atoms with E-state index in [0.29, 0.717) is 24.0 Å². The molecule has 0 spiro atoms. The summed E-state index contributed by atoms with van der Waals surface area (Å²) in [5.41, 5.74) is 1.14. The van der Waals surface area contributed by atoms with Crippen molar-refractivity contribution in [2.45, 2.75) is 19.4 Å². The van der Waals surface area contributed by atoms with Crippen LogP contribution in [-0.2, 0) is 6.54 Å². The van der Waals surface area contributed by atoms with Gasteiger partial charge in [-0.2, -0.15) is 0 Å². The van der Waals surface area contributed by atoms with Crippen molar-refractivity contribution in [3.8, 4) is 11.5 Å². The minimum atomic E-state index is 0.570. The first-order chi connectivity index (χ1) is 9.83. The number of benzene rings is 1. The molecule has 2 heterocycles. The van der Waals surface area contributed by atoms with Crippen molar-refractivity contribution in [2.75, 3.05) is 39.4 Å². The van der Waals surface area contributed by atoms with Crippen molar-refractivity contribution in [3.63, 3.8) is 0 Å². The van der Waals surface area contributed by atoms with Crippen molar-refractivity contribution in [3.05, 3.63) is 22.7 Å². The number of ether oxygens (including phenoxy) is 2. The largest absolute Gasteiger partial charge is 0.486 e. The first-order valence-corrected chi connectivity index (χ1v) is 7.72. The maximum atomic E-state index is 6.22. The second kappa shape index (κ2) is 6.66. The van der Waals surface area contributed by atoms with Crippen LogP contribution in [0.1, 0.15) is 18.4 Å². The van der Waals surface area contributed by atoms with Crippen LogP contribution < -0.4 is 14.8 Å². The zero-order chi connectivity index (χ0) is 13.8. The van der Waals surface area contributed by atoms with Crippen LogP contribution in [0, 0.1) is 0 Å². The Morgan fingerprint density at radius 3 is 2.80 bits per heavy atom. The standard InChI is InChI=1S/C15H21ClN2O2/c16-13-9-12(10-14-15(13)20-8-7-19-14)11-17-3-6-18-4-1-2-5-18/h9-10,17H,1-8,11H2. The number of rotatable bonds is 5. The molecule has 0 unspecified atom stereocenters. The highest BCUT2D eigenvalue weighted by atomic mass is 35.5. The molecule has 3 rings (SSSR count). The molecule has 1 saturated heterocycles. The highest BCUT2D eigenvalue weighted by molar-refractivity contribution is 6.32. The van der Waals surface area contributed by atoms with Crippen LogP contribution in [0.2, 0.25) is 5.02 Å². The lowest BCUT2D eigenvalue weighted by atomic mass is 10.2. The van der Waals surface area contributed by atoms with Crippen LogP contribution >= 0.6 is 11.6 Å². The summed E-state index contributed by atoms with van der Waals surface area (Å²) < 4.78 is 11.1. The first-order valence-electron chi connectivity index (χ1n) is 7.34. The Bertz CT molecular complexity index is 461. The predicted molar refractivity (Wildman–Crippen MR) is 79.8 cm³/mol. The molecule has 1 aromatic carbocycles. The molecule has 110 valence electrons. The Hall–Kier alpha value is -0.970. The molecular weight excluding hydrogens is 276 g/mol. The SMILES string of the molecule is Clc1cc(CNCCN2CCCC2)cc2c1OCCO2. The van der Waals surface area contributed by atoms with Gasteiger partial charge in [0.1, 0.15) is 13.2 Å². The number of fused-ring (bicyclic) bond motifs is 1. The molecule has 0 aromatic heterocycles. The maximum absolute atomic E-state index is 6.22. The van der Waals surface area contributed by atoms with Gasteiger partial charge in [0.15, 0.2) is 11.5 Å². The second-order valence-electron chi connectivity index (χ2n) is 5.33. The van der Waals surface area contributed by atoms with Crippen molar-refractivity contribution in [1.82, 2.24) is 10.2 Å². The van der Waals surface area contributed by atoms with Gasteiger partial charge in [0.2, 0.25) is 0 Å². The maximum Gasteiger partial charge on any atom is 0.179 e. The summed E-state index contributed by atoms with van der Waals surface area (Å²) in [7, 11) is 0. The zero-order valence-corrected chi connectivity index (χ0v) is 12.4. The summed E-state index contributed by atoms with van der Waals surface area (Å²) in [5, 5.41) is 4.10. The molecule has 0 radical (unpaired) electrons. The van der Waals surface area contributed by atoms with Gasteiger partial charge in [-0.25, -0.2) is 0 Å². The lowest BCUT2D eigenvalue weighted by Gasteiger charge is -2.20. The molecule has 0 bridgehead atoms. The molecule has 20 heavy (non-hydrogen) atoms. The van der Waals surface area contributed by atoms with Crippen LogP contribution in [0.15, 0.2) is 12.1 Å². The summed E-state index contributed by atoms with van der Waals surface area (Å²) in [6, 6.07) is 3.97. The third-order valence-corrected chi connectivity index (χ3v) is 4.07. The molecule has 0 saturated carbocycles. The average Bonchev–Trinajstić information content (AvgIpc) is 2.97. The number of hydrogen-bond donors (Lipinski definition) is 1. The molecule has 2 aliphatic rings. The summed E-state index contributed by atoms with van der Waals surface area (Å²) in [6.07, 6.45) is 2.69. The van der Waals surface area contributed by atoms with E-state index in [9.17, 15) is 0 Å². The lowest BCUT2D eigenvalue weighted by Crippen LogP contribution is -2.29. The van der Waals surface area contributed by atoms with Gasteiger partial charge in [-0.3, -0.25) is 0 Å². The molecule has 1 N–H and O–H groups in total. The molecule has 0 atom stereocenters. The number of halogens is 1. The Morgan fingerprint density at radius 2 is 1.95 bits per heavy atom. The third-order valence-electron chi connectivity index (χ3n) is 3.79. The fraction of sp³-hybridized carbons (Fsp3) is 0.600. The highest BCUT2D eigenvalue weighted by Gasteiger charge is 2.16. The minimum absolute atomic E-state index is 0.570. The molecule has 0 amide bonds. The minimum Gasteiger partial charge on any atom is -0.486 e. The Kier molecular flexibility index (Phi) is 4.65. The number of nitrogens with zero attached hydrogens (tertiary/aromatic N) is 1. The fourth-order valence-electron chi connectivity index (χ4n) is 2.74. The van der Waals surface area contributed by atoms with Crippen LogP contribution in [0.4, 0.5) is 0 Å². The van der Waals surface area contributed by atoms with E-state index in [1.807, 2.05) is 12.1 Å². The topological polar surface area (TPSA) is 33.7 Å². The Labute approximate surface area is 125 Å².